The number of carbonyl (C=O) groups excluding carboxylic acids is 8. The van der Waals surface area contributed by atoms with Gasteiger partial charge in [0.2, 0.25) is 0 Å². The van der Waals surface area contributed by atoms with Crippen molar-refractivity contribution < 1.29 is 77.4 Å². The molecule has 18 nitrogen and oxygen atoms in total. The normalized spacial score (nSPS) is 30.4. The zero-order valence-electron chi connectivity index (χ0n) is 38.7. The van der Waals surface area contributed by atoms with Gasteiger partial charge in [0.1, 0.15) is 23.9 Å². The number of amides is 3. The highest BCUT2D eigenvalue weighted by Crippen LogP contribution is 2.64. The molecule has 0 radical (unpaired) electrons. The van der Waals surface area contributed by atoms with E-state index < -0.39 is 113 Å². The van der Waals surface area contributed by atoms with Gasteiger partial charge in [-0.05, 0) is 54.8 Å². The smallest absolute Gasteiger partial charge is 0.338 e. The van der Waals surface area contributed by atoms with E-state index in [1.165, 1.54) is 38.1 Å². The minimum atomic E-state index is -2.39. The quantitative estimate of drug-likeness (QED) is 0.0847. The van der Waals surface area contributed by atoms with Crippen LogP contribution in [0.25, 0.3) is 0 Å². The van der Waals surface area contributed by atoms with Gasteiger partial charge in [0, 0.05) is 49.8 Å². The van der Waals surface area contributed by atoms with Crippen LogP contribution in [0.1, 0.15) is 86.7 Å². The number of aliphatic hydroxyl groups excluding tert-OH is 2. The maximum Gasteiger partial charge on any atom is 0.338 e. The Morgan fingerprint density at radius 1 is 0.797 bits per heavy atom. The number of carbonyl (C=O) groups is 8. The fourth-order valence-electron chi connectivity index (χ4n) is 10.5. The van der Waals surface area contributed by atoms with E-state index in [1.807, 2.05) is 5.32 Å². The highest BCUT2D eigenvalue weighted by atomic mass is 16.6. The number of ether oxygens (including phenoxy) is 5. The summed E-state index contributed by atoms with van der Waals surface area (Å²) >= 11 is 0. The number of benzene rings is 3. The second kappa shape index (κ2) is 19.3. The molecule has 3 aromatic rings. The van der Waals surface area contributed by atoms with Gasteiger partial charge in [0.15, 0.2) is 23.6 Å². The Morgan fingerprint density at radius 3 is 1.87 bits per heavy atom. The molecule has 3 amide bonds. The lowest BCUT2D eigenvalue weighted by Crippen LogP contribution is -2.82. The molecule has 69 heavy (non-hydrogen) atoms. The molecule has 18 heteroatoms. The van der Waals surface area contributed by atoms with Crippen molar-refractivity contribution in [2.75, 3.05) is 6.61 Å². The number of aliphatic hydroxyl groups is 3. The maximum absolute atomic E-state index is 15.5. The molecule has 3 aromatic carbocycles. The summed E-state index contributed by atoms with van der Waals surface area (Å²) in [6, 6.07) is 22.9. The highest BCUT2D eigenvalue weighted by Gasteiger charge is 2.78. The van der Waals surface area contributed by atoms with E-state index in [0.29, 0.717) is 5.56 Å². The average Bonchev–Trinajstić information content (AvgIpc) is 3.70. The first-order valence-electron chi connectivity index (χ1n) is 22.3. The third-order valence-corrected chi connectivity index (χ3v) is 14.1. The van der Waals surface area contributed by atoms with Crippen LogP contribution >= 0.6 is 0 Å². The van der Waals surface area contributed by atoms with E-state index in [-0.39, 0.29) is 47.1 Å². The maximum atomic E-state index is 15.5. The predicted octanol–water partition coefficient (Wildman–Crippen LogP) is 2.93. The van der Waals surface area contributed by atoms with Gasteiger partial charge in [-0.3, -0.25) is 34.1 Å². The van der Waals surface area contributed by atoms with Gasteiger partial charge >= 0.3 is 23.9 Å². The van der Waals surface area contributed by atoms with Crippen LogP contribution in [-0.2, 0) is 52.5 Å². The number of rotatable bonds is 10. The average molecular weight is 951 g/mol. The van der Waals surface area contributed by atoms with Gasteiger partial charge in [0.05, 0.1) is 35.6 Å². The number of hydrogen-bond acceptors (Lipinski definition) is 16. The van der Waals surface area contributed by atoms with E-state index in [9.17, 15) is 48.9 Å². The first-order valence-corrected chi connectivity index (χ1v) is 22.3. The van der Waals surface area contributed by atoms with Crippen molar-refractivity contribution in [1.82, 2.24) is 10.6 Å². The fraction of sp³-hybridized carbons (Fsp3) is 0.412. The number of imide groups is 1. The van der Waals surface area contributed by atoms with Gasteiger partial charge in [-0.2, -0.15) is 0 Å². The second-order valence-corrected chi connectivity index (χ2v) is 18.5. The molecule has 2 saturated carbocycles. The van der Waals surface area contributed by atoms with Crippen LogP contribution in [0.2, 0.25) is 0 Å². The number of nitrogens with one attached hydrogen (secondary N) is 2. The molecule has 5 aliphatic rings. The van der Waals surface area contributed by atoms with Gasteiger partial charge in [-0.1, -0.05) is 80.6 Å². The van der Waals surface area contributed by atoms with Gasteiger partial charge in [-0.15, -0.1) is 0 Å². The standard InChI is InChI=1S/C47H51NO14.C4H3NO2/c1-25-31(60-43(56)36(52)35(28-16-10-7-11-17-28)48-41(54)29-18-12-8-13-19-29)23-47(57)40(61-42(55)30-20-14-9-15-21-30)38-45(6,32(51)22-33-46(38,24-58-33)62-27(3)50)39(53)37(59-26(2)49)34(25)44(47,4)5;6-3-1-2-4(7)5-3/h7-21,31-33,35-38,40,51-52,57H,22-24H2,1-6H3,(H,48,54);1-2H,(H,5,6,7)/t31-,32-,33+,35-,36+,37+,38-,40-,45+,46-,47+;/m0./s1. The molecule has 8 rings (SSSR count). The minimum absolute atomic E-state index is 0.00289. The summed E-state index contributed by atoms with van der Waals surface area (Å²) in [6.45, 7) is 7.97. The molecule has 0 spiro atoms. The summed E-state index contributed by atoms with van der Waals surface area (Å²) < 4.78 is 30.3. The van der Waals surface area contributed by atoms with E-state index in [1.54, 1.807) is 92.7 Å². The lowest BCUT2D eigenvalue weighted by Gasteiger charge is -2.67. The van der Waals surface area contributed by atoms with Crippen LogP contribution in [0, 0.1) is 16.7 Å². The Balaban J connectivity index is 0.000000921. The monoisotopic (exact) mass is 950 g/mol. The summed E-state index contributed by atoms with van der Waals surface area (Å²) in [6.07, 6.45) is -8.12. The fourth-order valence-corrected chi connectivity index (χ4v) is 10.5. The van der Waals surface area contributed by atoms with Crippen molar-refractivity contribution >= 4 is 47.4 Å². The topological polar surface area (TPSA) is 267 Å². The molecule has 364 valence electrons. The predicted molar refractivity (Wildman–Crippen MR) is 240 cm³/mol. The van der Waals surface area contributed by atoms with Crippen LogP contribution in [0.15, 0.2) is 114 Å². The lowest BCUT2D eigenvalue weighted by molar-refractivity contribution is -0.346. The number of ketones is 1. The first-order chi connectivity index (χ1) is 32.6. The Labute approximate surface area is 397 Å². The van der Waals surface area contributed by atoms with E-state index in [4.69, 9.17) is 23.7 Å². The summed E-state index contributed by atoms with van der Waals surface area (Å²) in [4.78, 5) is 104. The molecule has 11 atom stereocenters. The van der Waals surface area contributed by atoms with Gasteiger partial charge in [0.25, 0.3) is 17.7 Å². The first kappa shape index (κ1) is 50.0. The van der Waals surface area contributed by atoms with E-state index in [0.717, 1.165) is 13.8 Å². The largest absolute Gasteiger partial charge is 0.456 e. The van der Waals surface area contributed by atoms with Crippen LogP contribution < -0.4 is 10.6 Å². The van der Waals surface area contributed by atoms with Gasteiger partial charge in [-0.25, -0.2) is 9.59 Å². The van der Waals surface area contributed by atoms with Crippen molar-refractivity contribution in [3.63, 3.8) is 0 Å². The zero-order valence-corrected chi connectivity index (χ0v) is 38.7. The Kier molecular flexibility index (Phi) is 14.0. The number of esters is 4. The Hall–Kier alpha value is -6.86. The van der Waals surface area contributed by atoms with Crippen molar-refractivity contribution in [3.05, 3.63) is 131 Å². The van der Waals surface area contributed by atoms with Crippen molar-refractivity contribution in [3.8, 4) is 0 Å². The molecule has 3 aliphatic carbocycles. The van der Waals surface area contributed by atoms with Gasteiger partial charge < -0.3 is 44.3 Å². The third kappa shape index (κ3) is 9.12. The summed E-state index contributed by atoms with van der Waals surface area (Å²) in [7, 11) is 0. The van der Waals surface area contributed by atoms with Crippen molar-refractivity contribution in [2.45, 2.75) is 108 Å². The number of fused-ring (bicyclic) bond motifs is 5. The second-order valence-electron chi connectivity index (χ2n) is 18.5. The summed E-state index contributed by atoms with van der Waals surface area (Å²) in [5.41, 5.74) is -7.02. The van der Waals surface area contributed by atoms with Crippen LogP contribution in [0.5, 0.6) is 0 Å². The van der Waals surface area contributed by atoms with Crippen LogP contribution in [0.3, 0.4) is 0 Å². The molecule has 1 saturated heterocycles. The molecule has 5 N–H and O–H groups in total. The zero-order chi connectivity index (χ0) is 50.2. The van der Waals surface area contributed by atoms with Crippen LogP contribution in [0.4, 0.5) is 0 Å². The molecular weight excluding hydrogens is 897 g/mol. The summed E-state index contributed by atoms with van der Waals surface area (Å²) in [5, 5.41) is 42.3. The molecule has 3 fully saturated rings. The van der Waals surface area contributed by atoms with Crippen LogP contribution in [-0.4, -0.2) is 117 Å². The minimum Gasteiger partial charge on any atom is -0.456 e. The van der Waals surface area contributed by atoms with Crippen molar-refractivity contribution in [2.24, 2.45) is 16.7 Å². The summed E-state index contributed by atoms with van der Waals surface area (Å²) in [5.74, 6) is -7.50. The Bertz CT molecular complexity index is 2580. The number of hydrogen-bond donors (Lipinski definition) is 5. The van der Waals surface area contributed by atoms with E-state index in [2.05, 4.69) is 5.32 Å². The van der Waals surface area contributed by atoms with E-state index >= 15 is 4.79 Å². The molecule has 2 bridgehead atoms. The molecular formula is C51H54N2O16. The molecule has 0 aromatic heterocycles. The SMILES string of the molecule is CC(=O)O[C@H]1C(=O)[C@@]2(C)[C@H]([C@H](OC(=O)c3ccccc3)[C@]3(O)C[C@H](OC(=O)[C@H](O)[C@@H](NC(=O)c4ccccc4)c4ccccc4)C(C)=C1C3(C)C)[C@]1(OC(C)=O)CO[C@@H]1C[C@@H]2O.O=C1C=CC(=O)N1. The molecule has 2 heterocycles. The Morgan fingerprint density at radius 2 is 1.36 bits per heavy atom. The third-order valence-electron chi connectivity index (χ3n) is 14.1. The molecule has 0 unspecified atom stereocenters. The molecule has 2 aliphatic heterocycles. The lowest BCUT2D eigenvalue weighted by atomic mass is 9.44. The number of Topliss-reactive ketones (excluding diaryl/α,β-unsaturated/α-hetero) is 1. The van der Waals surface area contributed by atoms with Crippen molar-refractivity contribution in [1.29, 1.82) is 0 Å². The highest BCUT2D eigenvalue weighted by molar-refractivity contribution is 6.12.